The van der Waals surface area contributed by atoms with Gasteiger partial charge in [0.2, 0.25) is 0 Å². The number of hydrogen-bond acceptors (Lipinski definition) is 1. The molecule has 0 bridgehead atoms. The van der Waals surface area contributed by atoms with Gasteiger partial charge in [-0.2, -0.15) is 0 Å². The van der Waals surface area contributed by atoms with Crippen LogP contribution in [0.25, 0.3) is 32.9 Å². The van der Waals surface area contributed by atoms with E-state index in [0.29, 0.717) is 0 Å². The lowest BCUT2D eigenvalue weighted by atomic mass is 10.0. The molecule has 4 rings (SSSR count). The molecule has 3 aromatic carbocycles. The second-order valence-electron chi connectivity index (χ2n) is 5.37. The normalized spacial score (nSPS) is 11.1. The van der Waals surface area contributed by atoms with Crippen molar-refractivity contribution in [2.75, 3.05) is 0 Å². The summed E-state index contributed by atoms with van der Waals surface area (Å²) in [7, 11) is 0. The molecule has 0 fully saturated rings. The van der Waals surface area contributed by atoms with E-state index in [2.05, 4.69) is 73.7 Å². The standard InChI is InChI=1S/C20H15N/c1-14-13-18-17-10-6-5-7-15(17)11-12-19(18)21-20(14)16-8-3-2-4-9-16/h2-13H,1H3. The first-order valence-electron chi connectivity index (χ1n) is 7.17. The Morgan fingerprint density at radius 2 is 1.48 bits per heavy atom. The number of pyridine rings is 1. The van der Waals surface area contributed by atoms with Crippen molar-refractivity contribution in [3.05, 3.63) is 78.4 Å². The van der Waals surface area contributed by atoms with Crippen LogP contribution in [0.1, 0.15) is 5.56 Å². The second-order valence-corrected chi connectivity index (χ2v) is 5.37. The Morgan fingerprint density at radius 1 is 0.714 bits per heavy atom. The zero-order valence-corrected chi connectivity index (χ0v) is 11.9. The molecule has 0 aliphatic carbocycles. The number of rotatable bonds is 1. The number of benzene rings is 3. The van der Waals surface area contributed by atoms with Crippen LogP contribution in [-0.4, -0.2) is 4.98 Å². The van der Waals surface area contributed by atoms with Crippen LogP contribution in [-0.2, 0) is 0 Å². The van der Waals surface area contributed by atoms with Crippen molar-refractivity contribution in [2.24, 2.45) is 0 Å². The van der Waals surface area contributed by atoms with Crippen molar-refractivity contribution in [3.63, 3.8) is 0 Å². The van der Waals surface area contributed by atoms with Crippen molar-refractivity contribution >= 4 is 21.7 Å². The Hall–Kier alpha value is -2.67. The average Bonchev–Trinajstić information content (AvgIpc) is 2.55. The molecule has 0 aliphatic heterocycles. The highest BCUT2D eigenvalue weighted by molar-refractivity contribution is 6.06. The summed E-state index contributed by atoms with van der Waals surface area (Å²) in [6.45, 7) is 2.14. The van der Waals surface area contributed by atoms with Crippen molar-refractivity contribution in [3.8, 4) is 11.3 Å². The van der Waals surface area contributed by atoms with Gasteiger partial charge >= 0.3 is 0 Å². The van der Waals surface area contributed by atoms with E-state index in [-0.39, 0.29) is 0 Å². The molecule has 1 nitrogen and oxygen atoms in total. The lowest BCUT2D eigenvalue weighted by Gasteiger charge is -2.09. The summed E-state index contributed by atoms with van der Waals surface area (Å²) in [5.74, 6) is 0. The Labute approximate surface area is 123 Å². The molecule has 0 aliphatic rings. The molecule has 1 heteroatoms. The maximum Gasteiger partial charge on any atom is 0.0738 e. The van der Waals surface area contributed by atoms with E-state index >= 15 is 0 Å². The van der Waals surface area contributed by atoms with Gasteiger partial charge in [0.1, 0.15) is 0 Å². The minimum absolute atomic E-state index is 1.05. The van der Waals surface area contributed by atoms with E-state index < -0.39 is 0 Å². The number of aryl methyl sites for hydroxylation is 1. The zero-order valence-electron chi connectivity index (χ0n) is 11.9. The molecular formula is C20H15N. The molecule has 0 radical (unpaired) electrons. The molecule has 21 heavy (non-hydrogen) atoms. The average molecular weight is 269 g/mol. The summed E-state index contributed by atoms with van der Waals surface area (Å²) in [5, 5.41) is 3.76. The van der Waals surface area contributed by atoms with Crippen molar-refractivity contribution in [2.45, 2.75) is 6.92 Å². The Bertz CT molecular complexity index is 940. The summed E-state index contributed by atoms with van der Waals surface area (Å²) < 4.78 is 0. The van der Waals surface area contributed by atoms with Crippen molar-refractivity contribution in [1.29, 1.82) is 0 Å². The SMILES string of the molecule is Cc1cc2c(ccc3ccccc32)nc1-c1ccccc1. The summed E-state index contributed by atoms with van der Waals surface area (Å²) >= 11 is 0. The van der Waals surface area contributed by atoms with Gasteiger partial charge in [0.05, 0.1) is 11.2 Å². The van der Waals surface area contributed by atoms with Crippen molar-refractivity contribution in [1.82, 2.24) is 4.98 Å². The van der Waals surface area contributed by atoms with Gasteiger partial charge in [-0.1, -0.05) is 60.7 Å². The maximum absolute atomic E-state index is 4.90. The van der Waals surface area contributed by atoms with Gasteiger partial charge in [-0.05, 0) is 35.4 Å². The molecule has 0 saturated carbocycles. The fourth-order valence-electron chi connectivity index (χ4n) is 2.92. The molecular weight excluding hydrogens is 254 g/mol. The predicted molar refractivity (Wildman–Crippen MR) is 89.4 cm³/mol. The Kier molecular flexibility index (Phi) is 2.71. The highest BCUT2D eigenvalue weighted by Crippen LogP contribution is 2.29. The van der Waals surface area contributed by atoms with Gasteiger partial charge in [-0.25, -0.2) is 4.98 Å². The van der Waals surface area contributed by atoms with E-state index in [9.17, 15) is 0 Å². The van der Waals surface area contributed by atoms with Gasteiger partial charge in [0, 0.05) is 10.9 Å². The number of fused-ring (bicyclic) bond motifs is 3. The third-order valence-electron chi connectivity index (χ3n) is 3.96. The minimum Gasteiger partial charge on any atom is -0.247 e. The fraction of sp³-hybridized carbons (Fsp3) is 0.0500. The molecule has 4 aromatic rings. The van der Waals surface area contributed by atoms with Crippen LogP contribution in [0, 0.1) is 6.92 Å². The summed E-state index contributed by atoms with van der Waals surface area (Å²) in [6, 6.07) is 25.4. The highest BCUT2D eigenvalue weighted by Gasteiger charge is 2.07. The number of hydrogen-bond donors (Lipinski definition) is 0. The minimum atomic E-state index is 1.05. The van der Waals surface area contributed by atoms with Gasteiger partial charge in [-0.15, -0.1) is 0 Å². The smallest absolute Gasteiger partial charge is 0.0738 e. The molecule has 0 atom stereocenters. The lowest BCUT2D eigenvalue weighted by molar-refractivity contribution is 1.33. The van der Waals surface area contributed by atoms with E-state index in [1.807, 2.05) is 6.07 Å². The molecule has 0 saturated heterocycles. The summed E-state index contributed by atoms with van der Waals surface area (Å²) in [5.41, 5.74) is 4.51. The van der Waals surface area contributed by atoms with Crippen LogP contribution in [0.15, 0.2) is 72.8 Å². The number of nitrogens with zero attached hydrogens (tertiary/aromatic N) is 1. The van der Waals surface area contributed by atoms with Gasteiger partial charge in [0.25, 0.3) is 0 Å². The zero-order chi connectivity index (χ0) is 14.2. The van der Waals surface area contributed by atoms with Crippen LogP contribution in [0.4, 0.5) is 0 Å². The Morgan fingerprint density at radius 3 is 2.33 bits per heavy atom. The topological polar surface area (TPSA) is 12.9 Å². The number of aromatic nitrogens is 1. The molecule has 1 heterocycles. The second kappa shape index (κ2) is 4.71. The van der Waals surface area contributed by atoms with Crippen LogP contribution in [0.3, 0.4) is 0 Å². The molecule has 100 valence electrons. The van der Waals surface area contributed by atoms with Crippen LogP contribution >= 0.6 is 0 Å². The molecule has 0 amide bonds. The first-order chi connectivity index (χ1) is 10.3. The van der Waals surface area contributed by atoms with Gasteiger partial charge in [-0.3, -0.25) is 0 Å². The molecule has 0 unspecified atom stereocenters. The molecule has 1 aromatic heterocycles. The van der Waals surface area contributed by atoms with Crippen LogP contribution in [0.2, 0.25) is 0 Å². The molecule has 0 spiro atoms. The third kappa shape index (κ3) is 1.98. The third-order valence-corrected chi connectivity index (χ3v) is 3.96. The van der Waals surface area contributed by atoms with Crippen molar-refractivity contribution < 1.29 is 0 Å². The summed E-state index contributed by atoms with van der Waals surface area (Å²) in [4.78, 5) is 4.90. The van der Waals surface area contributed by atoms with E-state index in [1.54, 1.807) is 0 Å². The monoisotopic (exact) mass is 269 g/mol. The Balaban J connectivity index is 2.05. The predicted octanol–water partition coefficient (Wildman–Crippen LogP) is 5.36. The van der Waals surface area contributed by atoms with Crippen LogP contribution < -0.4 is 0 Å². The van der Waals surface area contributed by atoms with Crippen LogP contribution in [0.5, 0.6) is 0 Å². The summed E-state index contributed by atoms with van der Waals surface area (Å²) in [6.07, 6.45) is 0. The van der Waals surface area contributed by atoms with E-state index in [4.69, 9.17) is 4.98 Å². The fourth-order valence-corrected chi connectivity index (χ4v) is 2.92. The largest absolute Gasteiger partial charge is 0.247 e. The van der Waals surface area contributed by atoms with E-state index in [1.165, 1.54) is 27.3 Å². The maximum atomic E-state index is 4.90. The quantitative estimate of drug-likeness (QED) is 0.424. The first kappa shape index (κ1) is 12.1. The van der Waals surface area contributed by atoms with Gasteiger partial charge < -0.3 is 0 Å². The first-order valence-corrected chi connectivity index (χ1v) is 7.17. The highest BCUT2D eigenvalue weighted by atomic mass is 14.7. The molecule has 0 N–H and O–H groups in total. The van der Waals surface area contributed by atoms with E-state index in [0.717, 1.165) is 11.2 Å². The van der Waals surface area contributed by atoms with Gasteiger partial charge in [0.15, 0.2) is 0 Å². The lowest BCUT2D eigenvalue weighted by Crippen LogP contribution is -1.90.